The fourth-order valence-corrected chi connectivity index (χ4v) is 3.24. The molecule has 1 aliphatic heterocycles. The first-order valence-corrected chi connectivity index (χ1v) is 9.07. The number of rotatable bonds is 6. The summed E-state index contributed by atoms with van der Waals surface area (Å²) in [4.78, 5) is 4.30. The van der Waals surface area contributed by atoms with E-state index in [0.717, 1.165) is 34.8 Å². The van der Waals surface area contributed by atoms with Gasteiger partial charge in [-0.2, -0.15) is 0 Å². The number of hydrogen-bond acceptors (Lipinski definition) is 4. The standard InChI is InChI=1S/C21H27N3O3.HI/c1-14-9-16-10-19(26-4)17(11-20(16)27-14)13-24-21(22-2)23-12-15-7-5-6-8-18(15)25-3;/h5-8,10-11,14H,9,12-13H2,1-4H3,(H2,22,23,24);1H. The van der Waals surface area contributed by atoms with Gasteiger partial charge in [-0.25, -0.2) is 0 Å². The molecule has 0 saturated heterocycles. The number of halogens is 1. The van der Waals surface area contributed by atoms with Crippen LogP contribution in [-0.4, -0.2) is 33.3 Å². The molecule has 2 aromatic carbocycles. The van der Waals surface area contributed by atoms with Gasteiger partial charge in [0, 0.05) is 43.2 Å². The fraction of sp³-hybridized carbons (Fsp3) is 0.381. The largest absolute Gasteiger partial charge is 0.496 e. The number of guanidine groups is 1. The Morgan fingerprint density at radius 3 is 2.43 bits per heavy atom. The molecule has 3 rings (SSSR count). The van der Waals surface area contributed by atoms with E-state index in [4.69, 9.17) is 14.2 Å². The quantitative estimate of drug-likeness (QED) is 0.364. The second-order valence-corrected chi connectivity index (χ2v) is 6.50. The first kappa shape index (κ1) is 22.1. The first-order valence-electron chi connectivity index (χ1n) is 9.07. The molecule has 0 saturated carbocycles. The van der Waals surface area contributed by atoms with Crippen LogP contribution in [-0.2, 0) is 19.5 Å². The van der Waals surface area contributed by atoms with Crippen LogP contribution >= 0.6 is 24.0 Å². The van der Waals surface area contributed by atoms with E-state index in [1.807, 2.05) is 24.3 Å². The van der Waals surface area contributed by atoms with Gasteiger partial charge >= 0.3 is 0 Å². The fourth-order valence-electron chi connectivity index (χ4n) is 3.24. The zero-order valence-electron chi connectivity index (χ0n) is 16.7. The van der Waals surface area contributed by atoms with Gasteiger partial charge < -0.3 is 24.8 Å². The maximum absolute atomic E-state index is 5.87. The van der Waals surface area contributed by atoms with E-state index in [1.54, 1.807) is 21.3 Å². The van der Waals surface area contributed by atoms with Crippen LogP contribution < -0.4 is 24.8 Å². The lowest BCUT2D eigenvalue weighted by Crippen LogP contribution is -2.36. The van der Waals surface area contributed by atoms with Gasteiger partial charge in [0.25, 0.3) is 0 Å². The Morgan fingerprint density at radius 1 is 1.07 bits per heavy atom. The molecule has 0 aromatic heterocycles. The smallest absolute Gasteiger partial charge is 0.191 e. The number of benzene rings is 2. The highest BCUT2D eigenvalue weighted by Gasteiger charge is 2.21. The third-order valence-electron chi connectivity index (χ3n) is 4.61. The second-order valence-electron chi connectivity index (χ2n) is 6.50. The van der Waals surface area contributed by atoms with Crippen molar-refractivity contribution < 1.29 is 14.2 Å². The summed E-state index contributed by atoms with van der Waals surface area (Å²) in [6.07, 6.45) is 1.13. The van der Waals surface area contributed by atoms with Crippen LogP contribution in [0.3, 0.4) is 0 Å². The van der Waals surface area contributed by atoms with E-state index in [9.17, 15) is 0 Å². The van der Waals surface area contributed by atoms with Crippen molar-refractivity contribution >= 4 is 29.9 Å². The van der Waals surface area contributed by atoms with Gasteiger partial charge in [0.1, 0.15) is 23.4 Å². The SMILES string of the molecule is CN=C(NCc1ccccc1OC)NCc1cc2c(cc1OC)CC(C)O2.I. The van der Waals surface area contributed by atoms with Crippen molar-refractivity contribution in [1.29, 1.82) is 0 Å². The lowest BCUT2D eigenvalue weighted by molar-refractivity contribution is 0.254. The third-order valence-corrected chi connectivity index (χ3v) is 4.61. The van der Waals surface area contributed by atoms with E-state index in [-0.39, 0.29) is 30.1 Å². The zero-order chi connectivity index (χ0) is 19.2. The topological polar surface area (TPSA) is 64.1 Å². The molecule has 28 heavy (non-hydrogen) atoms. The van der Waals surface area contributed by atoms with Crippen LogP contribution in [0.15, 0.2) is 41.4 Å². The van der Waals surface area contributed by atoms with E-state index in [1.165, 1.54) is 5.56 Å². The van der Waals surface area contributed by atoms with Crippen LogP contribution in [0.1, 0.15) is 23.6 Å². The number of hydrogen-bond donors (Lipinski definition) is 2. The summed E-state index contributed by atoms with van der Waals surface area (Å²) < 4.78 is 16.8. The monoisotopic (exact) mass is 497 g/mol. The van der Waals surface area contributed by atoms with Crippen LogP contribution in [0.25, 0.3) is 0 Å². The number of nitrogens with zero attached hydrogens (tertiary/aromatic N) is 1. The highest BCUT2D eigenvalue weighted by atomic mass is 127. The van der Waals surface area contributed by atoms with E-state index in [2.05, 4.69) is 34.7 Å². The number of aliphatic imine (C=N–C) groups is 1. The molecule has 0 aliphatic carbocycles. The van der Waals surface area contributed by atoms with Gasteiger partial charge in [-0.05, 0) is 25.1 Å². The molecular weight excluding hydrogens is 469 g/mol. The molecule has 1 unspecified atom stereocenters. The highest BCUT2D eigenvalue weighted by Crippen LogP contribution is 2.34. The summed E-state index contributed by atoms with van der Waals surface area (Å²) in [6, 6.07) is 12.0. The number of nitrogens with one attached hydrogen (secondary N) is 2. The molecule has 0 radical (unpaired) electrons. The average Bonchev–Trinajstić information content (AvgIpc) is 3.06. The molecule has 6 nitrogen and oxygen atoms in total. The molecule has 1 aliphatic rings. The van der Waals surface area contributed by atoms with Crippen molar-refractivity contribution in [2.24, 2.45) is 4.99 Å². The van der Waals surface area contributed by atoms with Gasteiger partial charge in [-0.3, -0.25) is 4.99 Å². The average molecular weight is 497 g/mol. The van der Waals surface area contributed by atoms with Gasteiger partial charge in [-0.1, -0.05) is 18.2 Å². The van der Waals surface area contributed by atoms with Crippen LogP contribution in [0.4, 0.5) is 0 Å². The number of para-hydroxylation sites is 1. The minimum absolute atomic E-state index is 0. The Bertz CT molecular complexity index is 827. The Hall–Kier alpha value is -2.16. The maximum atomic E-state index is 5.87. The van der Waals surface area contributed by atoms with Crippen molar-refractivity contribution in [3.63, 3.8) is 0 Å². The molecule has 7 heteroatoms. The third kappa shape index (κ3) is 5.21. The van der Waals surface area contributed by atoms with Crippen molar-refractivity contribution in [2.45, 2.75) is 32.5 Å². The predicted molar refractivity (Wildman–Crippen MR) is 122 cm³/mol. The van der Waals surface area contributed by atoms with Crippen molar-refractivity contribution in [3.05, 3.63) is 53.1 Å². The Balaban J connectivity index is 0.00000280. The van der Waals surface area contributed by atoms with Gasteiger partial charge in [0.15, 0.2) is 5.96 Å². The molecule has 0 spiro atoms. The number of fused-ring (bicyclic) bond motifs is 1. The molecule has 0 fully saturated rings. The second kappa shape index (κ2) is 10.4. The summed E-state index contributed by atoms with van der Waals surface area (Å²) in [5.74, 6) is 3.36. The lowest BCUT2D eigenvalue weighted by atomic mass is 10.1. The van der Waals surface area contributed by atoms with Crippen molar-refractivity contribution in [3.8, 4) is 17.2 Å². The Kier molecular flexibility index (Phi) is 8.22. The first-order chi connectivity index (χ1) is 13.1. The Labute approximate surface area is 183 Å². The zero-order valence-corrected chi connectivity index (χ0v) is 19.1. The predicted octanol–water partition coefficient (Wildman–Crippen LogP) is 3.51. The molecular formula is C21H28IN3O3. The molecule has 2 aromatic rings. The van der Waals surface area contributed by atoms with E-state index < -0.39 is 0 Å². The number of ether oxygens (including phenoxy) is 3. The molecule has 0 amide bonds. The summed E-state index contributed by atoms with van der Waals surface area (Å²) in [6.45, 7) is 3.28. The van der Waals surface area contributed by atoms with Gasteiger partial charge in [0.2, 0.25) is 0 Å². The van der Waals surface area contributed by atoms with E-state index >= 15 is 0 Å². The summed E-state index contributed by atoms with van der Waals surface area (Å²) in [5, 5.41) is 6.65. The molecule has 152 valence electrons. The van der Waals surface area contributed by atoms with Gasteiger partial charge in [0.05, 0.1) is 14.2 Å². The molecule has 1 atom stereocenters. The molecule has 0 bridgehead atoms. The number of methoxy groups -OCH3 is 2. The van der Waals surface area contributed by atoms with Crippen molar-refractivity contribution in [1.82, 2.24) is 10.6 Å². The highest BCUT2D eigenvalue weighted by molar-refractivity contribution is 14.0. The van der Waals surface area contributed by atoms with Gasteiger partial charge in [-0.15, -0.1) is 24.0 Å². The summed E-state index contributed by atoms with van der Waals surface area (Å²) in [5.41, 5.74) is 3.30. The van der Waals surface area contributed by atoms with Crippen LogP contribution in [0, 0.1) is 0 Å². The summed E-state index contributed by atoms with van der Waals surface area (Å²) in [7, 11) is 5.12. The van der Waals surface area contributed by atoms with Crippen LogP contribution in [0.2, 0.25) is 0 Å². The van der Waals surface area contributed by atoms with E-state index in [0.29, 0.717) is 19.0 Å². The minimum Gasteiger partial charge on any atom is -0.496 e. The van der Waals surface area contributed by atoms with Crippen LogP contribution in [0.5, 0.6) is 17.2 Å². The Morgan fingerprint density at radius 2 is 1.75 bits per heavy atom. The minimum atomic E-state index is 0. The molecule has 1 heterocycles. The molecule has 2 N–H and O–H groups in total. The lowest BCUT2D eigenvalue weighted by Gasteiger charge is -2.16. The normalized spacial score (nSPS) is 15.1. The van der Waals surface area contributed by atoms with Crippen molar-refractivity contribution in [2.75, 3.05) is 21.3 Å². The summed E-state index contributed by atoms with van der Waals surface area (Å²) >= 11 is 0. The maximum Gasteiger partial charge on any atom is 0.191 e.